The zero-order valence-corrected chi connectivity index (χ0v) is 16.5. The van der Waals surface area contributed by atoms with Crippen LogP contribution in [-0.4, -0.2) is 16.0 Å². The van der Waals surface area contributed by atoms with Crippen molar-refractivity contribution >= 4 is 46.1 Å². The fraction of sp³-hybridized carbons (Fsp3) is 0.158. The van der Waals surface area contributed by atoms with E-state index < -0.39 is 0 Å². The number of aromatic nitrogens is 1. The molecule has 7 heteroatoms. The number of amides is 1. The average molecular weight is 407 g/mol. The third-order valence-corrected chi connectivity index (χ3v) is 5.35. The summed E-state index contributed by atoms with van der Waals surface area (Å²) in [6.45, 7) is 3.74. The molecule has 0 aliphatic heterocycles. The van der Waals surface area contributed by atoms with Crippen LogP contribution in [0.15, 0.2) is 35.7 Å². The third kappa shape index (κ3) is 3.91. The highest BCUT2D eigenvalue weighted by Gasteiger charge is 2.16. The largest absolute Gasteiger partial charge is 0.392 e. The first-order valence-electron chi connectivity index (χ1n) is 7.82. The van der Waals surface area contributed by atoms with Crippen LogP contribution in [-0.2, 0) is 6.61 Å². The summed E-state index contributed by atoms with van der Waals surface area (Å²) in [5.41, 5.74) is 4.31. The number of thiazole rings is 1. The van der Waals surface area contributed by atoms with Crippen LogP contribution < -0.4 is 5.32 Å². The molecule has 0 spiro atoms. The lowest BCUT2D eigenvalue weighted by Gasteiger charge is -2.12. The molecule has 0 saturated heterocycles. The molecule has 1 heterocycles. The highest BCUT2D eigenvalue weighted by molar-refractivity contribution is 7.13. The van der Waals surface area contributed by atoms with Crippen molar-refractivity contribution in [2.75, 3.05) is 5.32 Å². The number of hydrogen-bond donors (Lipinski definition) is 2. The Bertz CT molecular complexity index is 962. The maximum absolute atomic E-state index is 12.6. The second-order valence-corrected chi connectivity index (χ2v) is 7.58. The van der Waals surface area contributed by atoms with Gasteiger partial charge in [0.05, 0.1) is 11.6 Å². The van der Waals surface area contributed by atoms with Crippen molar-refractivity contribution in [3.63, 3.8) is 0 Å². The second kappa shape index (κ2) is 7.76. The van der Waals surface area contributed by atoms with Crippen LogP contribution in [0.5, 0.6) is 0 Å². The summed E-state index contributed by atoms with van der Waals surface area (Å²) in [6, 6.07) is 8.83. The van der Waals surface area contributed by atoms with E-state index in [0.29, 0.717) is 26.3 Å². The molecular formula is C19H16Cl2N2O2S. The number of nitrogens with one attached hydrogen (secondary N) is 1. The van der Waals surface area contributed by atoms with Crippen LogP contribution in [0.1, 0.15) is 27.2 Å². The van der Waals surface area contributed by atoms with E-state index in [1.165, 1.54) is 11.3 Å². The van der Waals surface area contributed by atoms with Crippen molar-refractivity contribution in [3.8, 4) is 10.6 Å². The van der Waals surface area contributed by atoms with E-state index in [1.807, 2.05) is 26.0 Å². The highest BCUT2D eigenvalue weighted by Crippen LogP contribution is 2.33. The van der Waals surface area contributed by atoms with Gasteiger partial charge in [0.1, 0.15) is 10.7 Å². The molecule has 0 aliphatic carbocycles. The minimum atomic E-state index is -0.298. The molecule has 0 aliphatic rings. The minimum absolute atomic E-state index is 0.0360. The first kappa shape index (κ1) is 18.9. The van der Waals surface area contributed by atoms with Crippen LogP contribution in [0.4, 0.5) is 5.69 Å². The Morgan fingerprint density at radius 1 is 1.19 bits per heavy atom. The summed E-state index contributed by atoms with van der Waals surface area (Å²) < 4.78 is 0. The number of aliphatic hydroxyl groups is 1. The molecule has 2 N–H and O–H groups in total. The molecule has 134 valence electrons. The monoisotopic (exact) mass is 406 g/mol. The summed E-state index contributed by atoms with van der Waals surface area (Å²) in [6.07, 6.45) is 0. The summed E-state index contributed by atoms with van der Waals surface area (Å²) in [7, 11) is 0. The smallest absolute Gasteiger partial charge is 0.275 e. The summed E-state index contributed by atoms with van der Waals surface area (Å²) in [5.74, 6) is -0.298. The molecule has 0 saturated carbocycles. The molecule has 0 radical (unpaired) electrons. The van der Waals surface area contributed by atoms with Gasteiger partial charge in [-0.2, -0.15) is 0 Å². The molecule has 0 atom stereocenters. The van der Waals surface area contributed by atoms with Gasteiger partial charge in [0.25, 0.3) is 5.91 Å². The van der Waals surface area contributed by atoms with E-state index in [-0.39, 0.29) is 12.5 Å². The lowest BCUT2D eigenvalue weighted by molar-refractivity contribution is 0.102. The molecule has 0 fully saturated rings. The van der Waals surface area contributed by atoms with E-state index in [1.54, 1.807) is 23.6 Å². The van der Waals surface area contributed by atoms with E-state index in [2.05, 4.69) is 10.3 Å². The standard InChI is InChI=1S/C19H16Cl2N2O2S/c1-10-5-12(8-24)6-11(2)17(10)23-18(25)16-9-26-19(22-16)14-7-13(20)3-4-15(14)21/h3-7,9,24H,8H2,1-2H3,(H,23,25). The van der Waals surface area contributed by atoms with E-state index in [4.69, 9.17) is 23.2 Å². The van der Waals surface area contributed by atoms with Gasteiger partial charge in [-0.25, -0.2) is 4.98 Å². The molecule has 1 amide bonds. The van der Waals surface area contributed by atoms with Crippen LogP contribution in [0.2, 0.25) is 10.0 Å². The van der Waals surface area contributed by atoms with Crippen molar-refractivity contribution < 1.29 is 9.90 Å². The van der Waals surface area contributed by atoms with E-state index in [0.717, 1.165) is 22.4 Å². The van der Waals surface area contributed by atoms with Crippen LogP contribution in [0.25, 0.3) is 10.6 Å². The first-order chi connectivity index (χ1) is 12.4. The fourth-order valence-corrected chi connectivity index (χ4v) is 3.95. The SMILES string of the molecule is Cc1cc(CO)cc(C)c1NC(=O)c1csc(-c2cc(Cl)ccc2Cl)n1. The summed E-state index contributed by atoms with van der Waals surface area (Å²) in [5, 5.41) is 15.6. The number of carbonyl (C=O) groups excluding carboxylic acids is 1. The number of benzene rings is 2. The maximum Gasteiger partial charge on any atom is 0.275 e. The van der Waals surface area contributed by atoms with Crippen molar-refractivity contribution in [3.05, 3.63) is 68.1 Å². The number of halogens is 2. The van der Waals surface area contributed by atoms with E-state index in [9.17, 15) is 9.90 Å². The van der Waals surface area contributed by atoms with Gasteiger partial charge >= 0.3 is 0 Å². The highest BCUT2D eigenvalue weighted by atomic mass is 35.5. The van der Waals surface area contributed by atoms with Crippen molar-refractivity contribution in [1.82, 2.24) is 4.98 Å². The Balaban J connectivity index is 1.86. The summed E-state index contributed by atoms with van der Waals surface area (Å²) in [4.78, 5) is 17.0. The predicted molar refractivity (Wildman–Crippen MR) is 107 cm³/mol. The molecule has 1 aromatic heterocycles. The zero-order valence-electron chi connectivity index (χ0n) is 14.1. The quantitative estimate of drug-likeness (QED) is 0.602. The average Bonchev–Trinajstić information content (AvgIpc) is 3.09. The van der Waals surface area contributed by atoms with Gasteiger partial charge in [-0.15, -0.1) is 11.3 Å². The lowest BCUT2D eigenvalue weighted by atomic mass is 10.0. The Labute approximate surface area is 165 Å². The van der Waals surface area contributed by atoms with Crippen molar-refractivity contribution in [2.45, 2.75) is 20.5 Å². The Morgan fingerprint density at radius 2 is 1.88 bits per heavy atom. The van der Waals surface area contributed by atoms with Crippen LogP contribution in [0.3, 0.4) is 0 Å². The van der Waals surface area contributed by atoms with Crippen molar-refractivity contribution in [1.29, 1.82) is 0 Å². The van der Waals surface area contributed by atoms with E-state index >= 15 is 0 Å². The van der Waals surface area contributed by atoms with Crippen LogP contribution in [0, 0.1) is 13.8 Å². The number of rotatable bonds is 4. The van der Waals surface area contributed by atoms with Gasteiger partial charge in [-0.05, 0) is 48.7 Å². The normalized spacial score (nSPS) is 10.8. The van der Waals surface area contributed by atoms with Gasteiger partial charge in [-0.3, -0.25) is 4.79 Å². The number of aryl methyl sites for hydroxylation is 2. The molecule has 3 rings (SSSR count). The third-order valence-electron chi connectivity index (χ3n) is 3.91. The number of hydrogen-bond acceptors (Lipinski definition) is 4. The Hall–Kier alpha value is -1.92. The molecule has 4 nitrogen and oxygen atoms in total. The van der Waals surface area contributed by atoms with Gasteiger partial charge < -0.3 is 10.4 Å². The maximum atomic E-state index is 12.6. The topological polar surface area (TPSA) is 62.2 Å². The summed E-state index contributed by atoms with van der Waals surface area (Å²) >= 11 is 13.6. The van der Waals surface area contributed by atoms with Gasteiger partial charge in [0, 0.05) is 21.7 Å². The molecular weight excluding hydrogens is 391 g/mol. The van der Waals surface area contributed by atoms with Gasteiger partial charge in [0.15, 0.2) is 0 Å². The molecule has 26 heavy (non-hydrogen) atoms. The minimum Gasteiger partial charge on any atom is -0.392 e. The lowest BCUT2D eigenvalue weighted by Crippen LogP contribution is -2.14. The molecule has 2 aromatic carbocycles. The van der Waals surface area contributed by atoms with Crippen LogP contribution >= 0.6 is 34.5 Å². The Kier molecular flexibility index (Phi) is 5.63. The number of nitrogens with zero attached hydrogens (tertiary/aromatic N) is 1. The first-order valence-corrected chi connectivity index (χ1v) is 9.46. The van der Waals surface area contributed by atoms with Crippen molar-refractivity contribution in [2.24, 2.45) is 0 Å². The molecule has 0 bridgehead atoms. The fourth-order valence-electron chi connectivity index (χ4n) is 2.68. The number of carbonyl (C=O) groups is 1. The van der Waals surface area contributed by atoms with Gasteiger partial charge in [0.2, 0.25) is 0 Å². The Morgan fingerprint density at radius 3 is 2.54 bits per heavy atom. The number of aliphatic hydroxyl groups excluding tert-OH is 1. The predicted octanol–water partition coefficient (Wildman–Crippen LogP) is 5.48. The van der Waals surface area contributed by atoms with Gasteiger partial charge in [-0.1, -0.05) is 35.3 Å². The second-order valence-electron chi connectivity index (χ2n) is 5.88. The zero-order chi connectivity index (χ0) is 18.8. The molecule has 3 aromatic rings. The molecule has 0 unspecified atom stereocenters. The number of anilines is 1.